The fourth-order valence-corrected chi connectivity index (χ4v) is 4.61. The van der Waals surface area contributed by atoms with Crippen LogP contribution in [0.15, 0.2) is 42.5 Å². The van der Waals surface area contributed by atoms with E-state index in [-0.39, 0.29) is 24.8 Å². The zero-order chi connectivity index (χ0) is 27.0. The van der Waals surface area contributed by atoms with Gasteiger partial charge in [0.15, 0.2) is 0 Å². The molecule has 0 atom stereocenters. The number of hydrogen-bond acceptors (Lipinski definition) is 4. The maximum atomic E-state index is 12.9. The van der Waals surface area contributed by atoms with Crippen LogP contribution >= 0.6 is 11.3 Å². The molecule has 0 saturated carbocycles. The third-order valence-electron chi connectivity index (χ3n) is 5.33. The van der Waals surface area contributed by atoms with Crippen LogP contribution in [0, 0.1) is 6.92 Å². The van der Waals surface area contributed by atoms with Gasteiger partial charge in [-0.1, -0.05) is 58.0 Å². The lowest BCUT2D eigenvalue weighted by atomic mass is 10.0. The number of halogens is 3. The highest BCUT2D eigenvalue weighted by Gasteiger charge is 2.30. The number of carboxylic acid groups (broad SMARTS) is 1. The predicted molar refractivity (Wildman–Crippen MR) is 136 cm³/mol. The zero-order valence-electron chi connectivity index (χ0n) is 21.0. The van der Waals surface area contributed by atoms with E-state index in [0.29, 0.717) is 27.6 Å². The quantitative estimate of drug-likeness (QED) is 0.328. The lowest BCUT2D eigenvalue weighted by Gasteiger charge is -2.10. The van der Waals surface area contributed by atoms with Crippen molar-refractivity contribution in [3.8, 4) is 10.6 Å². The Morgan fingerprint density at radius 2 is 1.72 bits per heavy atom. The van der Waals surface area contributed by atoms with Gasteiger partial charge in [0.1, 0.15) is 9.88 Å². The van der Waals surface area contributed by atoms with Crippen LogP contribution in [0.5, 0.6) is 0 Å². The predicted octanol–water partition coefficient (Wildman–Crippen LogP) is 7.23. The van der Waals surface area contributed by atoms with Crippen LogP contribution in [0.4, 0.5) is 13.2 Å². The first-order valence-electron chi connectivity index (χ1n) is 11.7. The third-order valence-corrected chi connectivity index (χ3v) is 6.45. The van der Waals surface area contributed by atoms with E-state index in [0.717, 1.165) is 40.2 Å². The van der Waals surface area contributed by atoms with Crippen molar-refractivity contribution in [2.75, 3.05) is 0 Å². The first-order valence-corrected chi connectivity index (χ1v) is 12.5. The highest BCUT2D eigenvalue weighted by Crippen LogP contribution is 2.34. The second-order valence-corrected chi connectivity index (χ2v) is 9.30. The average Bonchev–Trinajstić information content (AvgIpc) is 3.29. The molecule has 0 spiro atoms. The minimum atomic E-state index is -4.41. The standard InChI is InChI=1S/C25H25F3N2O3S.C2H6/c1-14(2)21-22(34-24(30-21)18-6-9-19(10-7-18)25(26,27)28)23(33)29-13-16-4-5-17(15(3)12-16)8-11-20(31)32;1-2/h4-7,9-10,12,14H,8,11,13H2,1-3H3,(H,29,33)(H,31,32);1-2H3. The number of carbonyl (C=O) groups excluding carboxylic acids is 1. The van der Waals surface area contributed by atoms with Gasteiger partial charge in [0.05, 0.1) is 11.3 Å². The summed E-state index contributed by atoms with van der Waals surface area (Å²) < 4.78 is 38.6. The molecule has 1 heterocycles. The second kappa shape index (κ2) is 12.7. The Labute approximate surface area is 213 Å². The van der Waals surface area contributed by atoms with E-state index in [1.54, 1.807) is 0 Å². The van der Waals surface area contributed by atoms with Gasteiger partial charge in [0, 0.05) is 18.5 Å². The summed E-state index contributed by atoms with van der Waals surface area (Å²) in [5.74, 6) is -1.19. The van der Waals surface area contributed by atoms with Crippen molar-refractivity contribution in [1.29, 1.82) is 0 Å². The molecular formula is C27H31F3N2O3S. The number of thiazole rings is 1. The number of alkyl halides is 3. The van der Waals surface area contributed by atoms with Crippen molar-refractivity contribution in [3.05, 3.63) is 75.3 Å². The molecule has 194 valence electrons. The van der Waals surface area contributed by atoms with Crippen LogP contribution in [0.3, 0.4) is 0 Å². The highest BCUT2D eigenvalue weighted by atomic mass is 32.1. The van der Waals surface area contributed by atoms with Crippen molar-refractivity contribution >= 4 is 23.2 Å². The van der Waals surface area contributed by atoms with Crippen LogP contribution < -0.4 is 5.32 Å². The molecule has 0 radical (unpaired) electrons. The van der Waals surface area contributed by atoms with E-state index in [1.165, 1.54) is 12.1 Å². The Bertz CT molecular complexity index is 1190. The van der Waals surface area contributed by atoms with Gasteiger partial charge < -0.3 is 10.4 Å². The maximum Gasteiger partial charge on any atom is 0.416 e. The van der Waals surface area contributed by atoms with Crippen molar-refractivity contribution in [2.24, 2.45) is 0 Å². The topological polar surface area (TPSA) is 79.3 Å². The van der Waals surface area contributed by atoms with Gasteiger partial charge in [-0.25, -0.2) is 4.98 Å². The number of nitrogens with zero attached hydrogens (tertiary/aromatic N) is 1. The molecule has 2 aromatic carbocycles. The minimum absolute atomic E-state index is 0.0454. The molecule has 9 heteroatoms. The van der Waals surface area contributed by atoms with Gasteiger partial charge >= 0.3 is 12.1 Å². The minimum Gasteiger partial charge on any atom is -0.481 e. The van der Waals surface area contributed by atoms with Crippen molar-refractivity contribution in [2.45, 2.75) is 66.1 Å². The fraction of sp³-hybridized carbons (Fsp3) is 0.370. The smallest absolute Gasteiger partial charge is 0.416 e. The van der Waals surface area contributed by atoms with Crippen molar-refractivity contribution < 1.29 is 27.9 Å². The zero-order valence-corrected chi connectivity index (χ0v) is 21.8. The molecule has 0 fully saturated rings. The molecule has 0 aliphatic rings. The summed E-state index contributed by atoms with van der Waals surface area (Å²) in [6, 6.07) is 10.4. The third kappa shape index (κ3) is 7.65. The molecule has 1 aromatic heterocycles. The maximum absolute atomic E-state index is 12.9. The lowest BCUT2D eigenvalue weighted by molar-refractivity contribution is -0.138. The summed E-state index contributed by atoms with van der Waals surface area (Å²) in [5, 5.41) is 12.2. The summed E-state index contributed by atoms with van der Waals surface area (Å²) in [6.45, 7) is 9.99. The number of aliphatic carboxylic acids is 1. The van der Waals surface area contributed by atoms with E-state index >= 15 is 0 Å². The van der Waals surface area contributed by atoms with E-state index in [9.17, 15) is 22.8 Å². The number of carboxylic acids is 1. The molecule has 2 N–H and O–H groups in total. The number of nitrogens with one attached hydrogen (secondary N) is 1. The summed E-state index contributed by atoms with van der Waals surface area (Å²) in [7, 11) is 0. The van der Waals surface area contributed by atoms with Gasteiger partial charge in [-0.3, -0.25) is 9.59 Å². The number of aryl methyl sites for hydroxylation is 2. The molecule has 0 bridgehead atoms. The largest absolute Gasteiger partial charge is 0.481 e. The van der Waals surface area contributed by atoms with Crippen LogP contribution in [0.2, 0.25) is 0 Å². The van der Waals surface area contributed by atoms with E-state index in [2.05, 4.69) is 10.3 Å². The summed E-state index contributed by atoms with van der Waals surface area (Å²) in [5.41, 5.74) is 3.16. The van der Waals surface area contributed by atoms with Crippen molar-refractivity contribution in [1.82, 2.24) is 10.3 Å². The van der Waals surface area contributed by atoms with Gasteiger partial charge in [0.2, 0.25) is 0 Å². The molecule has 0 aliphatic heterocycles. The molecular weight excluding hydrogens is 489 g/mol. The van der Waals surface area contributed by atoms with Gasteiger partial charge in [-0.2, -0.15) is 13.2 Å². The number of hydrogen-bond donors (Lipinski definition) is 2. The first kappa shape index (κ1) is 29.0. The number of amides is 1. The van der Waals surface area contributed by atoms with Crippen LogP contribution in [-0.4, -0.2) is 22.0 Å². The fourth-order valence-electron chi connectivity index (χ4n) is 3.46. The van der Waals surface area contributed by atoms with Crippen LogP contribution in [-0.2, 0) is 23.9 Å². The average molecular weight is 521 g/mol. The van der Waals surface area contributed by atoms with Gasteiger partial charge in [-0.15, -0.1) is 11.3 Å². The summed E-state index contributed by atoms with van der Waals surface area (Å²) in [6.07, 6.45) is -3.91. The van der Waals surface area contributed by atoms with Crippen LogP contribution in [0.25, 0.3) is 10.6 Å². The Morgan fingerprint density at radius 1 is 1.08 bits per heavy atom. The van der Waals surface area contributed by atoms with E-state index in [4.69, 9.17) is 5.11 Å². The van der Waals surface area contributed by atoms with Crippen molar-refractivity contribution in [3.63, 3.8) is 0 Å². The normalized spacial score (nSPS) is 11.1. The highest BCUT2D eigenvalue weighted by molar-refractivity contribution is 7.17. The summed E-state index contributed by atoms with van der Waals surface area (Å²) >= 11 is 1.15. The number of benzene rings is 2. The monoisotopic (exact) mass is 520 g/mol. The lowest BCUT2D eigenvalue weighted by Crippen LogP contribution is -2.23. The first-order chi connectivity index (χ1) is 17.0. The molecule has 3 rings (SSSR count). The van der Waals surface area contributed by atoms with Gasteiger partial charge in [0.25, 0.3) is 5.91 Å². The summed E-state index contributed by atoms with van der Waals surface area (Å²) in [4.78, 5) is 28.7. The molecule has 36 heavy (non-hydrogen) atoms. The molecule has 0 aliphatic carbocycles. The number of rotatable bonds is 8. The Morgan fingerprint density at radius 3 is 2.25 bits per heavy atom. The number of aromatic nitrogens is 1. The van der Waals surface area contributed by atoms with Crippen LogP contribution in [0.1, 0.15) is 77.7 Å². The Balaban J connectivity index is 0.00000222. The molecule has 0 saturated heterocycles. The Hall–Kier alpha value is -3.20. The molecule has 3 aromatic rings. The van der Waals surface area contributed by atoms with E-state index < -0.39 is 17.7 Å². The van der Waals surface area contributed by atoms with E-state index in [1.807, 2.05) is 52.8 Å². The molecule has 1 amide bonds. The Kier molecular flexibility index (Phi) is 10.2. The van der Waals surface area contributed by atoms with Gasteiger partial charge in [-0.05, 0) is 48.1 Å². The SMILES string of the molecule is CC.Cc1cc(CNC(=O)c2sc(-c3ccc(C(F)(F)F)cc3)nc2C(C)C)ccc1CCC(=O)O. The number of carbonyl (C=O) groups is 2. The molecule has 5 nitrogen and oxygen atoms in total. The molecule has 0 unspecified atom stereocenters. The second-order valence-electron chi connectivity index (χ2n) is 8.30.